The van der Waals surface area contributed by atoms with E-state index in [2.05, 4.69) is 9.80 Å². The maximum atomic E-state index is 10.9. The molecule has 0 aromatic carbocycles. The molecule has 0 amide bonds. The SMILES string of the molecule is O=C(O)c1ccc(N2CCC(N3CCCCC3)C2)s1. The van der Waals surface area contributed by atoms with E-state index in [0.717, 1.165) is 18.1 Å². The van der Waals surface area contributed by atoms with E-state index in [-0.39, 0.29) is 0 Å². The van der Waals surface area contributed by atoms with E-state index in [4.69, 9.17) is 5.11 Å². The van der Waals surface area contributed by atoms with Crippen molar-refractivity contribution in [3.63, 3.8) is 0 Å². The third kappa shape index (κ3) is 2.77. The van der Waals surface area contributed by atoms with Crippen LogP contribution >= 0.6 is 11.3 Å². The fourth-order valence-corrected chi connectivity index (χ4v) is 4.02. The van der Waals surface area contributed by atoms with E-state index in [0.29, 0.717) is 10.9 Å². The van der Waals surface area contributed by atoms with E-state index >= 15 is 0 Å². The second kappa shape index (κ2) is 5.51. The molecule has 0 spiro atoms. The van der Waals surface area contributed by atoms with Gasteiger partial charge < -0.3 is 10.0 Å². The van der Waals surface area contributed by atoms with Gasteiger partial charge in [-0.25, -0.2) is 4.79 Å². The average Bonchev–Trinajstić information content (AvgIpc) is 3.09. The van der Waals surface area contributed by atoms with Crippen molar-refractivity contribution in [1.82, 2.24) is 4.90 Å². The van der Waals surface area contributed by atoms with E-state index in [1.54, 1.807) is 6.07 Å². The van der Waals surface area contributed by atoms with Gasteiger partial charge in [-0.3, -0.25) is 4.90 Å². The number of carboxylic acid groups (broad SMARTS) is 1. The molecule has 19 heavy (non-hydrogen) atoms. The predicted octanol–water partition coefficient (Wildman–Crippen LogP) is 2.51. The van der Waals surface area contributed by atoms with Crippen molar-refractivity contribution in [3.05, 3.63) is 17.0 Å². The molecule has 2 aliphatic rings. The fourth-order valence-electron chi connectivity index (χ4n) is 3.14. The maximum Gasteiger partial charge on any atom is 0.345 e. The molecule has 3 rings (SSSR count). The summed E-state index contributed by atoms with van der Waals surface area (Å²) in [6, 6.07) is 4.33. The summed E-state index contributed by atoms with van der Waals surface area (Å²) < 4.78 is 0. The van der Waals surface area contributed by atoms with Crippen LogP contribution in [0.4, 0.5) is 5.00 Å². The van der Waals surface area contributed by atoms with E-state index in [1.165, 1.54) is 50.1 Å². The van der Waals surface area contributed by atoms with Crippen molar-refractivity contribution >= 4 is 22.3 Å². The van der Waals surface area contributed by atoms with E-state index < -0.39 is 5.97 Å². The largest absolute Gasteiger partial charge is 0.477 e. The summed E-state index contributed by atoms with van der Waals surface area (Å²) in [5.74, 6) is -0.817. The normalized spacial score (nSPS) is 24.8. The lowest BCUT2D eigenvalue weighted by atomic mass is 10.1. The molecule has 1 aromatic rings. The zero-order chi connectivity index (χ0) is 13.2. The standard InChI is InChI=1S/C14H20N2O2S/c17-14(18)12-4-5-13(19-12)16-9-6-11(10-16)15-7-2-1-3-8-15/h4-5,11H,1-3,6-10H2,(H,17,18). The fraction of sp³-hybridized carbons (Fsp3) is 0.643. The maximum absolute atomic E-state index is 10.9. The van der Waals surface area contributed by atoms with Crippen LogP contribution in [0.5, 0.6) is 0 Å². The zero-order valence-electron chi connectivity index (χ0n) is 11.0. The molecule has 1 atom stereocenters. The van der Waals surface area contributed by atoms with Crippen molar-refractivity contribution in [2.45, 2.75) is 31.7 Å². The number of rotatable bonds is 3. The van der Waals surface area contributed by atoms with Crippen LogP contribution in [0.25, 0.3) is 0 Å². The molecule has 3 heterocycles. The molecule has 1 N–H and O–H groups in total. The molecule has 0 aliphatic carbocycles. The van der Waals surface area contributed by atoms with Gasteiger partial charge in [0.2, 0.25) is 0 Å². The molecule has 2 fully saturated rings. The zero-order valence-corrected chi connectivity index (χ0v) is 11.9. The van der Waals surface area contributed by atoms with Gasteiger partial charge >= 0.3 is 5.97 Å². The molecule has 2 aliphatic heterocycles. The first-order valence-corrected chi connectivity index (χ1v) is 7.88. The number of carboxylic acids is 1. The number of anilines is 1. The van der Waals surface area contributed by atoms with Crippen LogP contribution in [0.15, 0.2) is 12.1 Å². The Labute approximate surface area is 117 Å². The first-order chi connectivity index (χ1) is 9.24. The lowest BCUT2D eigenvalue weighted by Gasteiger charge is -2.32. The van der Waals surface area contributed by atoms with E-state index in [9.17, 15) is 4.79 Å². The lowest BCUT2D eigenvalue weighted by molar-refractivity contribution is 0.0702. The number of nitrogens with zero attached hydrogens (tertiary/aromatic N) is 2. The van der Waals surface area contributed by atoms with Crippen LogP contribution < -0.4 is 4.90 Å². The van der Waals surface area contributed by atoms with Crippen LogP contribution in [0, 0.1) is 0 Å². The topological polar surface area (TPSA) is 43.8 Å². The third-order valence-corrected chi connectivity index (χ3v) is 5.32. The predicted molar refractivity (Wildman–Crippen MR) is 77.3 cm³/mol. The molecule has 0 bridgehead atoms. The number of hydrogen-bond acceptors (Lipinski definition) is 4. The minimum atomic E-state index is -0.817. The van der Waals surface area contributed by atoms with Crippen molar-refractivity contribution < 1.29 is 9.90 Å². The molecule has 2 saturated heterocycles. The Kier molecular flexibility index (Phi) is 3.75. The van der Waals surface area contributed by atoms with Gasteiger partial charge in [-0.2, -0.15) is 0 Å². The highest BCUT2D eigenvalue weighted by Crippen LogP contribution is 2.30. The summed E-state index contributed by atoms with van der Waals surface area (Å²) >= 11 is 1.39. The van der Waals surface area contributed by atoms with Gasteiger partial charge in [0.25, 0.3) is 0 Å². The molecular weight excluding hydrogens is 260 g/mol. The van der Waals surface area contributed by atoms with Gasteiger partial charge in [-0.05, 0) is 44.5 Å². The minimum Gasteiger partial charge on any atom is -0.477 e. The Hall–Kier alpha value is -1.07. The van der Waals surface area contributed by atoms with Crippen molar-refractivity contribution in [2.24, 2.45) is 0 Å². The number of aromatic carboxylic acids is 1. The van der Waals surface area contributed by atoms with Crippen LogP contribution in [-0.4, -0.2) is 48.2 Å². The highest BCUT2D eigenvalue weighted by Gasteiger charge is 2.29. The molecule has 0 saturated carbocycles. The number of thiophene rings is 1. The van der Waals surface area contributed by atoms with E-state index in [1.807, 2.05) is 6.07 Å². The Morgan fingerprint density at radius 2 is 2.00 bits per heavy atom. The van der Waals surface area contributed by atoms with Crippen molar-refractivity contribution in [2.75, 3.05) is 31.1 Å². The summed E-state index contributed by atoms with van der Waals surface area (Å²) in [6.45, 7) is 4.59. The van der Waals surface area contributed by atoms with Crippen LogP contribution in [-0.2, 0) is 0 Å². The minimum absolute atomic E-state index is 0.441. The highest BCUT2D eigenvalue weighted by molar-refractivity contribution is 7.17. The lowest BCUT2D eigenvalue weighted by Crippen LogP contribution is -2.40. The second-order valence-corrected chi connectivity index (χ2v) is 6.49. The summed E-state index contributed by atoms with van der Waals surface area (Å²) in [6.07, 6.45) is 5.25. The van der Waals surface area contributed by atoms with Crippen LogP contribution in [0.2, 0.25) is 0 Å². The quantitative estimate of drug-likeness (QED) is 0.924. The Morgan fingerprint density at radius 3 is 2.68 bits per heavy atom. The summed E-state index contributed by atoms with van der Waals surface area (Å²) in [7, 11) is 0. The van der Waals surface area contributed by atoms with Gasteiger partial charge in [0, 0.05) is 19.1 Å². The second-order valence-electron chi connectivity index (χ2n) is 5.43. The molecule has 104 valence electrons. The number of likely N-dealkylation sites (tertiary alicyclic amines) is 1. The average molecular weight is 280 g/mol. The van der Waals surface area contributed by atoms with Gasteiger partial charge in [0.05, 0.1) is 5.00 Å². The van der Waals surface area contributed by atoms with Crippen LogP contribution in [0.1, 0.15) is 35.4 Å². The number of piperidine rings is 1. The smallest absolute Gasteiger partial charge is 0.345 e. The molecular formula is C14H20N2O2S. The number of hydrogen-bond donors (Lipinski definition) is 1. The first-order valence-electron chi connectivity index (χ1n) is 7.06. The molecule has 1 unspecified atom stereocenters. The third-order valence-electron chi connectivity index (χ3n) is 4.18. The Morgan fingerprint density at radius 1 is 1.21 bits per heavy atom. The molecule has 4 nitrogen and oxygen atoms in total. The molecule has 0 radical (unpaired) electrons. The Bertz CT molecular complexity index is 454. The summed E-state index contributed by atoms with van der Waals surface area (Å²) in [4.78, 5) is 16.3. The Balaban J connectivity index is 1.62. The van der Waals surface area contributed by atoms with Crippen LogP contribution in [0.3, 0.4) is 0 Å². The highest BCUT2D eigenvalue weighted by atomic mass is 32.1. The van der Waals surface area contributed by atoms with Gasteiger partial charge in [-0.1, -0.05) is 6.42 Å². The summed E-state index contributed by atoms with van der Waals surface area (Å²) in [5, 5.41) is 10.1. The van der Waals surface area contributed by atoms with Crippen molar-refractivity contribution in [3.8, 4) is 0 Å². The van der Waals surface area contributed by atoms with Gasteiger partial charge in [0.1, 0.15) is 4.88 Å². The monoisotopic (exact) mass is 280 g/mol. The first kappa shape index (κ1) is 12.9. The number of carbonyl (C=O) groups is 1. The summed E-state index contributed by atoms with van der Waals surface area (Å²) in [5.41, 5.74) is 0. The van der Waals surface area contributed by atoms with Gasteiger partial charge in [0.15, 0.2) is 0 Å². The van der Waals surface area contributed by atoms with Crippen molar-refractivity contribution in [1.29, 1.82) is 0 Å². The molecule has 1 aromatic heterocycles. The van der Waals surface area contributed by atoms with Gasteiger partial charge in [-0.15, -0.1) is 11.3 Å². The molecule has 5 heteroatoms.